The number of hydrogen-bond acceptors (Lipinski definition) is 6. The Morgan fingerprint density at radius 2 is 1.06 bits per heavy atom. The summed E-state index contributed by atoms with van der Waals surface area (Å²) in [6.07, 6.45) is 1.90. The van der Waals surface area contributed by atoms with Gasteiger partial charge in [-0.3, -0.25) is 0 Å². The second kappa shape index (κ2) is 23.0. The Kier molecular flexibility index (Phi) is 20.5. The number of nitrogens with two attached hydrogens (primary N) is 1. The fourth-order valence-corrected chi connectivity index (χ4v) is 5.23. The van der Waals surface area contributed by atoms with Crippen molar-refractivity contribution in [3.8, 4) is 22.3 Å². The maximum atomic E-state index is 5.95. The van der Waals surface area contributed by atoms with E-state index >= 15 is 0 Å². The summed E-state index contributed by atoms with van der Waals surface area (Å²) in [6, 6.07) is 26.5. The number of nitrogens with one attached hydrogen (secondary N) is 1. The van der Waals surface area contributed by atoms with Crippen LogP contribution in [-0.2, 0) is 25.0 Å². The third kappa shape index (κ3) is 15.8. The Morgan fingerprint density at radius 1 is 0.667 bits per heavy atom. The summed E-state index contributed by atoms with van der Waals surface area (Å²) < 4.78 is 13.8. The van der Waals surface area contributed by atoms with Gasteiger partial charge in [0.2, 0.25) is 0 Å². The predicted molar refractivity (Wildman–Crippen MR) is 235 cm³/mol. The van der Waals surface area contributed by atoms with E-state index in [-0.39, 0.29) is 10.8 Å². The van der Waals surface area contributed by atoms with Gasteiger partial charge < -0.3 is 30.2 Å². The first-order valence-electron chi connectivity index (χ1n) is 18.9. The number of benzene rings is 4. The van der Waals surface area contributed by atoms with Crippen LogP contribution >= 0.6 is 0 Å². The zero-order chi connectivity index (χ0) is 41.2. The number of methoxy groups -OCH3 is 3. The molecule has 4 aromatic carbocycles. The molecule has 0 bridgehead atoms. The molecule has 7 heteroatoms. The number of hydrogen-bond donors (Lipinski definition) is 2. The third-order valence-corrected chi connectivity index (χ3v) is 9.10. The molecule has 0 heterocycles. The lowest BCUT2D eigenvalue weighted by Crippen LogP contribution is -2.14. The molecule has 0 atom stereocenters. The van der Waals surface area contributed by atoms with E-state index in [9.17, 15) is 0 Å². The van der Waals surface area contributed by atoms with Gasteiger partial charge in [0, 0.05) is 40.6 Å². The van der Waals surface area contributed by atoms with Crippen molar-refractivity contribution in [3.05, 3.63) is 106 Å². The Hall–Kier alpha value is -4.01. The van der Waals surface area contributed by atoms with Gasteiger partial charge in [-0.15, -0.1) is 0 Å². The maximum absolute atomic E-state index is 5.95. The first kappa shape index (κ1) is 48.0. The molecule has 0 aliphatic heterocycles. The number of rotatable bonds is 9. The lowest BCUT2D eigenvalue weighted by Gasteiger charge is -2.19. The number of aryl methyl sites for hydroxylation is 4. The van der Waals surface area contributed by atoms with Gasteiger partial charge in [-0.1, -0.05) is 97.0 Å². The molecule has 3 N–H and O–H groups in total. The van der Waals surface area contributed by atoms with Gasteiger partial charge >= 0.3 is 0 Å². The first-order chi connectivity index (χ1) is 25.3. The predicted octanol–water partition coefficient (Wildman–Crippen LogP) is 11.2. The fraction of sp³-hybridized carbons (Fsp3) is 0.468. The highest BCUT2D eigenvalue weighted by molar-refractivity contribution is 5.74. The quantitative estimate of drug-likeness (QED) is 0.0770. The van der Waals surface area contributed by atoms with Crippen LogP contribution in [0.15, 0.2) is 77.8 Å². The molecule has 0 unspecified atom stereocenters. The molecule has 0 radical (unpaired) electrons. The van der Waals surface area contributed by atoms with E-state index in [1.807, 2.05) is 20.4 Å². The van der Waals surface area contributed by atoms with Crippen molar-refractivity contribution in [1.29, 1.82) is 0 Å². The summed E-state index contributed by atoms with van der Waals surface area (Å²) in [5.41, 5.74) is 20.9. The molecule has 0 aliphatic rings. The van der Waals surface area contributed by atoms with Crippen LogP contribution in [0, 0.1) is 27.7 Å². The van der Waals surface area contributed by atoms with Gasteiger partial charge in [0.15, 0.2) is 0 Å². The molecule has 4 aromatic rings. The SMILES string of the molecule is CCN(C)C=Nc1cc(C)c(-c2ccc(C(C)(C)C)cc2)cc1C.CCNC.COC(OC)OC.Cc1cc(-c2ccc(C(C)(C)C)cc2)c(C)cc1N. The van der Waals surface area contributed by atoms with Crippen LogP contribution in [-0.4, -0.2) is 66.2 Å². The van der Waals surface area contributed by atoms with Crippen molar-refractivity contribution in [3.63, 3.8) is 0 Å². The van der Waals surface area contributed by atoms with Gasteiger partial charge in [0.1, 0.15) is 0 Å². The van der Waals surface area contributed by atoms with E-state index in [4.69, 9.17) is 5.73 Å². The molecule has 0 aliphatic carbocycles. The summed E-state index contributed by atoms with van der Waals surface area (Å²) in [4.78, 5) is 6.70. The first-order valence-corrected chi connectivity index (χ1v) is 18.9. The smallest absolute Gasteiger partial charge is 0.270 e. The van der Waals surface area contributed by atoms with Gasteiger partial charge in [-0.2, -0.15) is 0 Å². The van der Waals surface area contributed by atoms with Crippen molar-refractivity contribution >= 4 is 17.7 Å². The fourth-order valence-electron chi connectivity index (χ4n) is 5.23. The zero-order valence-corrected chi connectivity index (χ0v) is 36.7. The second-order valence-electron chi connectivity index (χ2n) is 15.7. The molecule has 0 saturated heterocycles. The average molecular weight is 741 g/mol. The maximum Gasteiger partial charge on any atom is 0.270 e. The van der Waals surface area contributed by atoms with Crippen molar-refractivity contribution < 1.29 is 14.2 Å². The molecule has 0 aromatic heterocycles. The average Bonchev–Trinajstić information content (AvgIpc) is 3.14. The molecule has 0 amide bonds. The van der Waals surface area contributed by atoms with Crippen molar-refractivity contribution in [2.45, 2.75) is 100 Å². The van der Waals surface area contributed by atoms with Crippen molar-refractivity contribution in [1.82, 2.24) is 10.2 Å². The molecule has 7 nitrogen and oxygen atoms in total. The van der Waals surface area contributed by atoms with E-state index < -0.39 is 6.48 Å². The minimum atomic E-state index is -0.514. The summed E-state index contributed by atoms with van der Waals surface area (Å²) in [6.45, 7) is 27.6. The molecule has 0 spiro atoms. The van der Waals surface area contributed by atoms with Crippen LogP contribution in [0.3, 0.4) is 0 Å². The molecule has 54 heavy (non-hydrogen) atoms. The topological polar surface area (TPSA) is 81.3 Å². The molecular weight excluding hydrogens is 669 g/mol. The van der Waals surface area contributed by atoms with E-state index in [2.05, 4.69) is 185 Å². The Morgan fingerprint density at radius 3 is 1.39 bits per heavy atom. The van der Waals surface area contributed by atoms with Crippen LogP contribution in [0.25, 0.3) is 22.3 Å². The second-order valence-corrected chi connectivity index (χ2v) is 15.7. The van der Waals surface area contributed by atoms with Crippen LogP contribution in [0.2, 0.25) is 0 Å². The Balaban J connectivity index is 0.000000430. The number of nitrogen functional groups attached to an aromatic ring is 1. The highest BCUT2D eigenvalue weighted by atomic mass is 16.8. The standard InChI is InChI=1S/C22H30N2.C18H23N.C4H10O3.C3H9N/c1-8-24(7)15-23-21-14-16(2)20(13-17(21)3)18-9-11-19(12-10-18)22(4,5)6;1-12-11-17(19)13(2)10-16(12)14-6-8-15(9-7-14)18(3,4)5;1-5-4(6-2)7-3;1-3-4-2/h9-15H,8H2,1-7H3;6-11H,19H2,1-5H3;4H,1-3H3;4H,3H2,1-2H3. The van der Waals surface area contributed by atoms with Gasteiger partial charge in [0.25, 0.3) is 6.48 Å². The van der Waals surface area contributed by atoms with E-state index in [0.29, 0.717) is 0 Å². The molecular formula is C47H72N4O3. The largest absolute Gasteiger partial charge is 0.399 e. The van der Waals surface area contributed by atoms with E-state index in [1.165, 1.54) is 71.4 Å². The Bertz CT molecular complexity index is 1690. The third-order valence-electron chi connectivity index (χ3n) is 9.10. The van der Waals surface area contributed by atoms with E-state index in [0.717, 1.165) is 30.0 Å². The Labute approximate surface area is 329 Å². The lowest BCUT2D eigenvalue weighted by molar-refractivity contribution is -0.252. The van der Waals surface area contributed by atoms with Gasteiger partial charge in [0.05, 0.1) is 12.0 Å². The van der Waals surface area contributed by atoms with Crippen LogP contribution in [0.5, 0.6) is 0 Å². The summed E-state index contributed by atoms with van der Waals surface area (Å²) in [5, 5.41) is 2.93. The summed E-state index contributed by atoms with van der Waals surface area (Å²) >= 11 is 0. The molecule has 0 fully saturated rings. The lowest BCUT2D eigenvalue weighted by atomic mass is 9.86. The van der Waals surface area contributed by atoms with E-state index in [1.54, 1.807) is 0 Å². The van der Waals surface area contributed by atoms with Crippen molar-refractivity contribution in [2.75, 3.05) is 54.2 Å². The van der Waals surface area contributed by atoms with Crippen LogP contribution < -0.4 is 11.1 Å². The van der Waals surface area contributed by atoms with Crippen LogP contribution in [0.1, 0.15) is 88.8 Å². The monoisotopic (exact) mass is 741 g/mol. The summed E-state index contributed by atoms with van der Waals surface area (Å²) in [5.74, 6) is 0. The normalized spacial score (nSPS) is 11.3. The molecule has 0 saturated carbocycles. The number of nitrogens with zero attached hydrogens (tertiary/aromatic N) is 2. The molecule has 4 rings (SSSR count). The van der Waals surface area contributed by atoms with Crippen LogP contribution in [0.4, 0.5) is 11.4 Å². The summed E-state index contributed by atoms with van der Waals surface area (Å²) in [7, 11) is 8.50. The minimum Gasteiger partial charge on any atom is -0.399 e. The number of ether oxygens (including phenoxy) is 3. The van der Waals surface area contributed by atoms with Gasteiger partial charge in [-0.25, -0.2) is 4.99 Å². The molecule has 298 valence electrons. The highest BCUT2D eigenvalue weighted by Gasteiger charge is 2.15. The number of anilines is 1. The minimum absolute atomic E-state index is 0.188. The van der Waals surface area contributed by atoms with Crippen molar-refractivity contribution in [2.24, 2.45) is 4.99 Å². The number of aliphatic imine (C=N–C) groups is 1. The highest BCUT2D eigenvalue weighted by Crippen LogP contribution is 2.33. The van der Waals surface area contributed by atoms with Gasteiger partial charge in [-0.05, 0) is 139 Å². The zero-order valence-electron chi connectivity index (χ0n) is 36.7.